The number of rotatable bonds is 5. The fraction of sp³-hybridized carbons (Fsp3) is 0.636. The van der Waals surface area contributed by atoms with Gasteiger partial charge in [0, 0.05) is 5.33 Å². The van der Waals surface area contributed by atoms with Gasteiger partial charge in [0.05, 0.1) is 0 Å². The number of allylic oxidation sites excluding steroid dienone is 2. The van der Waals surface area contributed by atoms with E-state index in [0.29, 0.717) is 0 Å². The lowest BCUT2D eigenvalue weighted by Gasteiger charge is -2.09. The van der Waals surface area contributed by atoms with Crippen molar-refractivity contribution in [3.8, 4) is 0 Å². The topological polar surface area (TPSA) is 0 Å². The molecule has 1 rings (SSSR count). The van der Waals surface area contributed by atoms with Gasteiger partial charge in [-0.05, 0) is 61.7 Å². The minimum absolute atomic E-state index is 1.12. The molecule has 0 N–H and O–H groups in total. The molecular formula is C11H18BrPS. The van der Waals surface area contributed by atoms with Crippen LogP contribution >= 0.6 is 22.0 Å². The van der Waals surface area contributed by atoms with Crippen LogP contribution in [0.25, 0.3) is 0 Å². The van der Waals surface area contributed by atoms with Gasteiger partial charge in [0.15, 0.2) is 0 Å². The Labute approximate surface area is 101 Å². The zero-order chi connectivity index (χ0) is 10.6. The van der Waals surface area contributed by atoms with Gasteiger partial charge in [0.2, 0.25) is 0 Å². The molecular weight excluding hydrogens is 275 g/mol. The van der Waals surface area contributed by atoms with Crippen molar-refractivity contribution >= 4 is 33.8 Å². The van der Waals surface area contributed by atoms with Crippen molar-refractivity contribution in [2.75, 3.05) is 11.5 Å². The number of halogens is 1. The summed E-state index contributed by atoms with van der Waals surface area (Å²) in [7, 11) is 0. The molecule has 0 aliphatic carbocycles. The monoisotopic (exact) mass is 292 g/mol. The van der Waals surface area contributed by atoms with Gasteiger partial charge in [0.1, 0.15) is 0 Å². The van der Waals surface area contributed by atoms with Crippen LogP contribution in [-0.4, -0.2) is 11.5 Å². The first-order valence-electron chi connectivity index (χ1n) is 5.11. The molecule has 0 amide bonds. The summed E-state index contributed by atoms with van der Waals surface area (Å²) in [6.45, 7) is 4.36. The molecule has 14 heavy (non-hydrogen) atoms. The maximum absolute atomic E-state index is 5.72. The van der Waals surface area contributed by atoms with E-state index in [0.717, 1.165) is 5.33 Å². The van der Waals surface area contributed by atoms with Gasteiger partial charge < -0.3 is 0 Å². The highest BCUT2D eigenvalue weighted by atomic mass is 79.9. The predicted octanol–water partition coefficient (Wildman–Crippen LogP) is 4.85. The van der Waals surface area contributed by atoms with Gasteiger partial charge in [-0.15, -0.1) is 0 Å². The molecule has 0 saturated heterocycles. The van der Waals surface area contributed by atoms with E-state index in [2.05, 4.69) is 41.4 Å². The average Bonchev–Trinajstić information content (AvgIpc) is 2.36. The van der Waals surface area contributed by atoms with Crippen LogP contribution < -0.4 is 0 Å². The summed E-state index contributed by atoms with van der Waals surface area (Å²) in [5.41, 5.74) is 2.82. The van der Waals surface area contributed by atoms with E-state index in [1.165, 1.54) is 36.6 Å². The molecule has 0 fully saturated rings. The minimum atomic E-state index is -1.23. The minimum Gasteiger partial charge on any atom is -0.0928 e. The lowest BCUT2D eigenvalue weighted by molar-refractivity contribution is 0.787. The Hall–Kier alpha value is 0.610. The van der Waals surface area contributed by atoms with E-state index in [1.54, 1.807) is 0 Å². The molecule has 1 heterocycles. The van der Waals surface area contributed by atoms with Gasteiger partial charge in [-0.1, -0.05) is 34.2 Å². The molecule has 3 heteroatoms. The van der Waals surface area contributed by atoms with Gasteiger partial charge in [0.25, 0.3) is 0 Å². The molecule has 80 valence electrons. The molecule has 0 bridgehead atoms. The summed E-state index contributed by atoms with van der Waals surface area (Å²) in [4.78, 5) is 0. The number of unbranched alkanes of at least 4 members (excludes halogenated alkanes) is 2. The van der Waals surface area contributed by atoms with Crippen LogP contribution in [0, 0.1) is 0 Å². The summed E-state index contributed by atoms with van der Waals surface area (Å²) in [6, 6.07) is -1.23. The summed E-state index contributed by atoms with van der Waals surface area (Å²) >= 11 is 9.17. The second-order valence-electron chi connectivity index (χ2n) is 3.95. The summed E-state index contributed by atoms with van der Waals surface area (Å²) in [5.74, 6) is 4.71. The lowest BCUT2D eigenvalue weighted by atomic mass is 10.2. The third kappa shape index (κ3) is 3.64. The van der Waals surface area contributed by atoms with Crippen LogP contribution in [0.5, 0.6) is 0 Å². The Morgan fingerprint density at radius 3 is 2.21 bits per heavy atom. The van der Waals surface area contributed by atoms with Gasteiger partial charge in [-0.2, -0.15) is 0 Å². The maximum atomic E-state index is 5.72. The number of hydrogen-bond donors (Lipinski definition) is 0. The highest BCUT2D eigenvalue weighted by molar-refractivity contribution is 9.09. The Kier molecular flexibility index (Phi) is 5.10. The highest BCUT2D eigenvalue weighted by Crippen LogP contribution is 2.56. The molecule has 0 atom stereocenters. The SMILES string of the molecule is CC1=CP(=S)(CCCCCBr)C=C1C. The van der Waals surface area contributed by atoms with Crippen molar-refractivity contribution in [3.05, 3.63) is 22.8 Å². The van der Waals surface area contributed by atoms with Crippen LogP contribution in [-0.2, 0) is 11.8 Å². The molecule has 0 aromatic heterocycles. The van der Waals surface area contributed by atoms with Crippen LogP contribution in [0.3, 0.4) is 0 Å². The highest BCUT2D eigenvalue weighted by Gasteiger charge is 2.17. The summed E-state index contributed by atoms with van der Waals surface area (Å²) < 4.78 is 0. The van der Waals surface area contributed by atoms with E-state index in [4.69, 9.17) is 11.8 Å². The van der Waals surface area contributed by atoms with E-state index in [1.807, 2.05) is 0 Å². The third-order valence-corrected chi connectivity index (χ3v) is 6.99. The van der Waals surface area contributed by atoms with Crippen molar-refractivity contribution in [2.45, 2.75) is 33.1 Å². The molecule has 0 aromatic carbocycles. The van der Waals surface area contributed by atoms with Crippen LogP contribution in [0.15, 0.2) is 22.8 Å². The van der Waals surface area contributed by atoms with Gasteiger partial charge in [-0.3, -0.25) is 0 Å². The van der Waals surface area contributed by atoms with E-state index in [9.17, 15) is 0 Å². The molecule has 0 aromatic rings. The maximum Gasteiger partial charge on any atom is 0.00313 e. The fourth-order valence-electron chi connectivity index (χ4n) is 1.66. The Morgan fingerprint density at radius 2 is 1.71 bits per heavy atom. The zero-order valence-corrected chi connectivity index (χ0v) is 12.2. The standard InChI is InChI=1S/C11H18BrPS/c1-10-8-13(14,9-11(10)2)7-5-3-4-6-12/h8-9H,3-7H2,1-2H3. The van der Waals surface area contributed by atoms with Crippen molar-refractivity contribution in [1.82, 2.24) is 0 Å². The van der Waals surface area contributed by atoms with Crippen LogP contribution in [0.2, 0.25) is 0 Å². The van der Waals surface area contributed by atoms with Crippen LogP contribution in [0.4, 0.5) is 0 Å². The molecule has 0 saturated carbocycles. The smallest absolute Gasteiger partial charge is 0.00313 e. The second kappa shape index (κ2) is 5.63. The van der Waals surface area contributed by atoms with Gasteiger partial charge in [-0.25, -0.2) is 0 Å². The van der Waals surface area contributed by atoms with E-state index in [-0.39, 0.29) is 0 Å². The Bertz CT molecular complexity index is 282. The molecule has 1 aliphatic heterocycles. The Morgan fingerprint density at radius 1 is 1.14 bits per heavy atom. The first-order chi connectivity index (χ1) is 6.57. The molecule has 0 unspecified atom stereocenters. The fourth-order valence-corrected chi connectivity index (χ4v) is 6.16. The zero-order valence-electron chi connectivity index (χ0n) is 8.92. The number of alkyl halides is 1. The largest absolute Gasteiger partial charge is 0.0928 e. The predicted molar refractivity (Wildman–Crippen MR) is 74.3 cm³/mol. The first-order valence-corrected chi connectivity index (χ1v) is 9.36. The second-order valence-corrected chi connectivity index (χ2v) is 9.46. The number of hydrogen-bond acceptors (Lipinski definition) is 1. The van der Waals surface area contributed by atoms with E-state index >= 15 is 0 Å². The molecule has 0 spiro atoms. The Balaban J connectivity index is 2.43. The van der Waals surface area contributed by atoms with Crippen molar-refractivity contribution < 1.29 is 0 Å². The average molecular weight is 293 g/mol. The lowest BCUT2D eigenvalue weighted by Crippen LogP contribution is -1.84. The quantitative estimate of drug-likeness (QED) is 0.396. The third-order valence-electron chi connectivity index (χ3n) is 2.59. The van der Waals surface area contributed by atoms with E-state index < -0.39 is 6.04 Å². The van der Waals surface area contributed by atoms with Gasteiger partial charge >= 0.3 is 0 Å². The molecule has 0 nitrogen and oxygen atoms in total. The molecule has 0 radical (unpaired) electrons. The molecule has 1 aliphatic rings. The summed E-state index contributed by atoms with van der Waals surface area (Å²) in [5, 5.41) is 1.12. The van der Waals surface area contributed by atoms with Crippen molar-refractivity contribution in [1.29, 1.82) is 0 Å². The normalized spacial score (nSPS) is 19.4. The van der Waals surface area contributed by atoms with Crippen LogP contribution in [0.1, 0.15) is 33.1 Å². The summed E-state index contributed by atoms with van der Waals surface area (Å²) in [6.07, 6.45) is 5.10. The first kappa shape index (κ1) is 12.7. The van der Waals surface area contributed by atoms with Crippen molar-refractivity contribution in [2.24, 2.45) is 0 Å². The van der Waals surface area contributed by atoms with Crippen molar-refractivity contribution in [3.63, 3.8) is 0 Å².